The lowest BCUT2D eigenvalue weighted by Crippen LogP contribution is -2.48. The number of aliphatic hydroxyl groups excluding tert-OH is 1. The van der Waals surface area contributed by atoms with Crippen LogP contribution in [0.15, 0.2) is 24.3 Å². The van der Waals surface area contributed by atoms with E-state index in [9.17, 15) is 4.79 Å². The summed E-state index contributed by atoms with van der Waals surface area (Å²) in [5, 5.41) is 23.2. The second kappa shape index (κ2) is 4.85. The highest BCUT2D eigenvalue weighted by atomic mass is 16.3. The van der Waals surface area contributed by atoms with Gasteiger partial charge in [0.05, 0.1) is 17.7 Å². The molecule has 0 atom stereocenters. The summed E-state index contributed by atoms with van der Waals surface area (Å²) in [6, 6.07) is 8.45. The van der Waals surface area contributed by atoms with E-state index in [-0.39, 0.29) is 18.2 Å². The van der Waals surface area contributed by atoms with Crippen molar-refractivity contribution in [2.75, 3.05) is 5.32 Å². The predicted molar refractivity (Wildman–Crippen MR) is 62.3 cm³/mol. The van der Waals surface area contributed by atoms with Gasteiger partial charge in [-0.05, 0) is 31.0 Å². The van der Waals surface area contributed by atoms with Gasteiger partial charge in [-0.2, -0.15) is 5.26 Å². The molecule has 2 amide bonds. The standard InChI is InChI=1S/C12H13N3O2/c13-7-8-2-1-3-9(4-8)14-12(17)15-10-5-11(16)6-10/h1-4,10-11,16H,5-6H2,(H2,14,15,17). The number of benzene rings is 1. The van der Waals surface area contributed by atoms with Crippen LogP contribution in [0.2, 0.25) is 0 Å². The zero-order chi connectivity index (χ0) is 12.3. The lowest BCUT2D eigenvalue weighted by molar-refractivity contribution is 0.0671. The van der Waals surface area contributed by atoms with Gasteiger partial charge in [-0.3, -0.25) is 0 Å². The van der Waals surface area contributed by atoms with E-state index in [1.165, 1.54) is 0 Å². The largest absolute Gasteiger partial charge is 0.393 e. The average Bonchev–Trinajstić information content (AvgIpc) is 2.27. The summed E-state index contributed by atoms with van der Waals surface area (Å²) in [6.07, 6.45) is 0.916. The fourth-order valence-electron chi connectivity index (χ4n) is 1.72. The minimum absolute atomic E-state index is 0.0455. The van der Waals surface area contributed by atoms with E-state index >= 15 is 0 Å². The number of nitrogens with zero attached hydrogens (tertiary/aromatic N) is 1. The highest BCUT2D eigenvalue weighted by molar-refractivity contribution is 5.89. The molecule has 3 N–H and O–H groups in total. The molecular weight excluding hydrogens is 218 g/mol. The van der Waals surface area contributed by atoms with Crippen molar-refractivity contribution in [3.63, 3.8) is 0 Å². The first kappa shape index (κ1) is 11.4. The molecule has 2 rings (SSSR count). The molecule has 17 heavy (non-hydrogen) atoms. The summed E-state index contributed by atoms with van der Waals surface area (Å²) in [7, 11) is 0. The highest BCUT2D eigenvalue weighted by Gasteiger charge is 2.28. The van der Waals surface area contributed by atoms with Crippen LogP contribution in [0.4, 0.5) is 10.5 Å². The Balaban J connectivity index is 1.87. The van der Waals surface area contributed by atoms with Crippen LogP contribution in [-0.2, 0) is 0 Å². The van der Waals surface area contributed by atoms with E-state index in [2.05, 4.69) is 10.6 Å². The molecule has 0 heterocycles. The first-order valence-corrected chi connectivity index (χ1v) is 5.43. The Morgan fingerprint density at radius 1 is 1.47 bits per heavy atom. The van der Waals surface area contributed by atoms with E-state index in [0.717, 1.165) is 0 Å². The summed E-state index contributed by atoms with van der Waals surface area (Å²) < 4.78 is 0. The molecule has 1 aromatic carbocycles. The number of amides is 2. The van der Waals surface area contributed by atoms with Crippen LogP contribution >= 0.6 is 0 Å². The van der Waals surface area contributed by atoms with Gasteiger partial charge in [0.1, 0.15) is 0 Å². The first-order chi connectivity index (χ1) is 8.17. The molecule has 0 spiro atoms. The smallest absolute Gasteiger partial charge is 0.319 e. The van der Waals surface area contributed by atoms with Crippen molar-refractivity contribution in [1.29, 1.82) is 5.26 Å². The van der Waals surface area contributed by atoms with E-state index in [0.29, 0.717) is 24.1 Å². The van der Waals surface area contributed by atoms with Crippen molar-refractivity contribution in [3.05, 3.63) is 29.8 Å². The molecule has 0 aromatic heterocycles. The number of nitriles is 1. The van der Waals surface area contributed by atoms with Gasteiger partial charge in [-0.1, -0.05) is 6.07 Å². The van der Waals surface area contributed by atoms with Gasteiger partial charge in [0.25, 0.3) is 0 Å². The summed E-state index contributed by atoms with van der Waals surface area (Å²) in [5.41, 5.74) is 1.09. The van der Waals surface area contributed by atoms with Gasteiger partial charge in [-0.15, -0.1) is 0 Å². The number of urea groups is 1. The molecule has 1 aliphatic rings. The molecular formula is C12H13N3O2. The Kier molecular flexibility index (Phi) is 3.26. The normalized spacial score (nSPS) is 22.1. The third-order valence-electron chi connectivity index (χ3n) is 2.70. The molecule has 5 heteroatoms. The van der Waals surface area contributed by atoms with Gasteiger partial charge < -0.3 is 15.7 Å². The monoisotopic (exact) mass is 231 g/mol. The summed E-state index contributed by atoms with van der Waals surface area (Å²) in [4.78, 5) is 11.5. The minimum Gasteiger partial charge on any atom is -0.393 e. The lowest BCUT2D eigenvalue weighted by atomic mass is 9.90. The van der Waals surface area contributed by atoms with Gasteiger partial charge in [0, 0.05) is 11.7 Å². The average molecular weight is 231 g/mol. The fraction of sp³-hybridized carbons (Fsp3) is 0.333. The van der Waals surface area contributed by atoms with Crippen LogP contribution in [0.1, 0.15) is 18.4 Å². The van der Waals surface area contributed by atoms with E-state index in [1.54, 1.807) is 24.3 Å². The number of carbonyl (C=O) groups is 1. The fourth-order valence-corrected chi connectivity index (χ4v) is 1.72. The second-order valence-electron chi connectivity index (χ2n) is 4.11. The number of carbonyl (C=O) groups excluding carboxylic acids is 1. The topological polar surface area (TPSA) is 85.2 Å². The SMILES string of the molecule is N#Cc1cccc(NC(=O)NC2CC(O)C2)c1. The van der Waals surface area contributed by atoms with Crippen LogP contribution in [0.25, 0.3) is 0 Å². The number of hydrogen-bond acceptors (Lipinski definition) is 3. The molecule has 0 radical (unpaired) electrons. The minimum atomic E-state index is -0.308. The molecule has 1 aromatic rings. The summed E-state index contributed by atoms with van der Waals surface area (Å²) in [5.74, 6) is 0. The van der Waals surface area contributed by atoms with E-state index in [4.69, 9.17) is 10.4 Å². The van der Waals surface area contributed by atoms with Crippen LogP contribution < -0.4 is 10.6 Å². The summed E-state index contributed by atoms with van der Waals surface area (Å²) >= 11 is 0. The van der Waals surface area contributed by atoms with Gasteiger partial charge in [0.2, 0.25) is 0 Å². The van der Waals surface area contributed by atoms with Gasteiger partial charge in [-0.25, -0.2) is 4.79 Å². The number of rotatable bonds is 2. The lowest BCUT2D eigenvalue weighted by Gasteiger charge is -2.31. The van der Waals surface area contributed by atoms with Crippen LogP contribution in [0, 0.1) is 11.3 Å². The third-order valence-corrected chi connectivity index (χ3v) is 2.70. The van der Waals surface area contributed by atoms with Crippen molar-refractivity contribution in [3.8, 4) is 6.07 Å². The maximum absolute atomic E-state index is 11.5. The van der Waals surface area contributed by atoms with Crippen LogP contribution in [-0.4, -0.2) is 23.3 Å². The molecule has 0 aliphatic heterocycles. The Bertz CT molecular complexity index is 461. The van der Waals surface area contributed by atoms with Crippen LogP contribution in [0.5, 0.6) is 0 Å². The van der Waals surface area contributed by atoms with Crippen molar-refractivity contribution < 1.29 is 9.90 Å². The van der Waals surface area contributed by atoms with E-state index < -0.39 is 0 Å². The molecule has 0 unspecified atom stereocenters. The zero-order valence-electron chi connectivity index (χ0n) is 9.18. The number of nitrogens with one attached hydrogen (secondary N) is 2. The van der Waals surface area contributed by atoms with Crippen molar-refractivity contribution in [2.24, 2.45) is 0 Å². The van der Waals surface area contributed by atoms with Gasteiger partial charge >= 0.3 is 6.03 Å². The molecule has 1 saturated carbocycles. The van der Waals surface area contributed by atoms with Crippen molar-refractivity contribution in [1.82, 2.24) is 5.32 Å². The molecule has 0 saturated heterocycles. The predicted octanol–water partition coefficient (Wildman–Crippen LogP) is 1.20. The maximum atomic E-state index is 11.5. The summed E-state index contributed by atoms with van der Waals surface area (Å²) in [6.45, 7) is 0. The van der Waals surface area contributed by atoms with E-state index in [1.807, 2.05) is 6.07 Å². The number of anilines is 1. The molecule has 1 aliphatic carbocycles. The van der Waals surface area contributed by atoms with Crippen molar-refractivity contribution in [2.45, 2.75) is 25.0 Å². The molecule has 88 valence electrons. The number of aliphatic hydroxyl groups is 1. The Labute approximate surface area is 99.1 Å². The zero-order valence-corrected chi connectivity index (χ0v) is 9.18. The quantitative estimate of drug-likeness (QED) is 0.715. The Hall–Kier alpha value is -2.06. The maximum Gasteiger partial charge on any atom is 0.319 e. The Morgan fingerprint density at radius 2 is 2.24 bits per heavy atom. The molecule has 1 fully saturated rings. The first-order valence-electron chi connectivity index (χ1n) is 5.43. The Morgan fingerprint density at radius 3 is 2.88 bits per heavy atom. The number of hydrogen-bond donors (Lipinski definition) is 3. The molecule has 5 nitrogen and oxygen atoms in total. The second-order valence-corrected chi connectivity index (χ2v) is 4.11. The van der Waals surface area contributed by atoms with Crippen molar-refractivity contribution >= 4 is 11.7 Å². The van der Waals surface area contributed by atoms with Crippen LogP contribution in [0.3, 0.4) is 0 Å². The van der Waals surface area contributed by atoms with Gasteiger partial charge in [0.15, 0.2) is 0 Å². The molecule has 0 bridgehead atoms. The third kappa shape index (κ3) is 2.95. The highest BCUT2D eigenvalue weighted by Crippen LogP contribution is 2.19.